The molecule has 0 amide bonds. The van der Waals surface area contributed by atoms with Crippen molar-refractivity contribution in [2.45, 2.75) is 77.0 Å². The number of unbranched alkanes of at least 4 members (excludes halogenated alkanes) is 2. The van der Waals surface area contributed by atoms with Crippen LogP contribution in [0, 0.1) is 0 Å². The summed E-state index contributed by atoms with van der Waals surface area (Å²) in [5.74, 6) is 0.973. The molecule has 2 aliphatic rings. The standard InChI is InChI=1S/C38H40N2/c1-3-5-13-27-25-35-31(15-11-17-33(35)37-19-7-9-23-39-37)29(27)21-22-30-28(14-6-4-2)26-36-32(30)16-12-18-34(36)38-20-8-10-24-40-38/h7-12,15-20,23-26,29-30H,3-6,13-14,21-22H2,1-2H3. The number of aromatic nitrogens is 2. The van der Waals surface area contributed by atoms with E-state index in [1.807, 2.05) is 24.5 Å². The lowest BCUT2D eigenvalue weighted by Gasteiger charge is -2.23. The van der Waals surface area contributed by atoms with Crippen LogP contribution in [0.15, 0.2) is 96.3 Å². The Morgan fingerprint density at radius 1 is 0.550 bits per heavy atom. The summed E-state index contributed by atoms with van der Waals surface area (Å²) in [6.45, 7) is 4.60. The molecule has 2 unspecified atom stereocenters. The first-order valence-corrected chi connectivity index (χ1v) is 15.3. The molecule has 0 saturated heterocycles. The number of fused-ring (bicyclic) bond motifs is 2. The molecule has 40 heavy (non-hydrogen) atoms. The minimum absolute atomic E-state index is 0.487. The van der Waals surface area contributed by atoms with E-state index in [1.54, 1.807) is 11.1 Å². The quantitative estimate of drug-likeness (QED) is 0.195. The Bertz CT molecular complexity index is 1400. The predicted molar refractivity (Wildman–Crippen MR) is 169 cm³/mol. The van der Waals surface area contributed by atoms with Gasteiger partial charge in [0.2, 0.25) is 0 Å². The van der Waals surface area contributed by atoms with Crippen LogP contribution in [-0.2, 0) is 0 Å². The van der Waals surface area contributed by atoms with Gasteiger partial charge in [0.1, 0.15) is 0 Å². The zero-order valence-corrected chi connectivity index (χ0v) is 23.9. The minimum atomic E-state index is 0.487. The molecule has 2 heterocycles. The molecule has 2 aromatic heterocycles. The fraction of sp³-hybridized carbons (Fsp3) is 0.316. The molecular formula is C38H40N2. The van der Waals surface area contributed by atoms with Crippen molar-refractivity contribution >= 4 is 12.2 Å². The molecule has 6 rings (SSSR count). The molecule has 4 aromatic rings. The van der Waals surface area contributed by atoms with E-state index in [0.29, 0.717) is 11.8 Å². The van der Waals surface area contributed by atoms with Crippen LogP contribution in [0.3, 0.4) is 0 Å². The van der Waals surface area contributed by atoms with Crippen molar-refractivity contribution in [1.82, 2.24) is 9.97 Å². The molecule has 0 spiro atoms. The van der Waals surface area contributed by atoms with Gasteiger partial charge in [-0.1, -0.05) is 98.5 Å². The van der Waals surface area contributed by atoms with Gasteiger partial charge in [-0.25, -0.2) is 0 Å². The first-order chi connectivity index (χ1) is 19.8. The van der Waals surface area contributed by atoms with Crippen LogP contribution in [0.5, 0.6) is 0 Å². The summed E-state index contributed by atoms with van der Waals surface area (Å²) < 4.78 is 0. The van der Waals surface area contributed by atoms with Crippen molar-refractivity contribution in [1.29, 1.82) is 0 Å². The lowest BCUT2D eigenvalue weighted by molar-refractivity contribution is 0.579. The molecule has 0 bridgehead atoms. The van der Waals surface area contributed by atoms with Gasteiger partial charge in [-0.15, -0.1) is 0 Å². The second kappa shape index (κ2) is 12.2. The zero-order valence-electron chi connectivity index (χ0n) is 23.9. The van der Waals surface area contributed by atoms with E-state index >= 15 is 0 Å². The van der Waals surface area contributed by atoms with E-state index < -0.39 is 0 Å². The summed E-state index contributed by atoms with van der Waals surface area (Å²) >= 11 is 0. The minimum Gasteiger partial charge on any atom is -0.256 e. The van der Waals surface area contributed by atoms with Crippen LogP contribution in [0.25, 0.3) is 34.7 Å². The Morgan fingerprint density at radius 2 is 1.02 bits per heavy atom. The lowest BCUT2D eigenvalue weighted by atomic mass is 9.81. The summed E-state index contributed by atoms with van der Waals surface area (Å²) in [5.41, 5.74) is 13.7. The lowest BCUT2D eigenvalue weighted by Crippen LogP contribution is -2.06. The third kappa shape index (κ3) is 5.20. The van der Waals surface area contributed by atoms with Gasteiger partial charge >= 0.3 is 0 Å². The molecule has 2 heteroatoms. The Hall–Kier alpha value is -3.78. The van der Waals surface area contributed by atoms with Crippen LogP contribution in [-0.4, -0.2) is 9.97 Å². The highest BCUT2D eigenvalue weighted by Crippen LogP contribution is 2.49. The summed E-state index contributed by atoms with van der Waals surface area (Å²) in [4.78, 5) is 9.41. The van der Waals surface area contributed by atoms with Crippen molar-refractivity contribution in [2.75, 3.05) is 0 Å². The third-order valence-corrected chi connectivity index (χ3v) is 8.85. The van der Waals surface area contributed by atoms with Crippen molar-refractivity contribution in [3.05, 3.63) is 119 Å². The average molecular weight is 525 g/mol. The highest BCUT2D eigenvalue weighted by Gasteiger charge is 2.31. The first kappa shape index (κ1) is 26.4. The molecule has 0 N–H and O–H groups in total. The summed E-state index contributed by atoms with van der Waals surface area (Å²) in [5, 5.41) is 0. The molecule has 2 atom stereocenters. The monoisotopic (exact) mass is 524 g/mol. The van der Waals surface area contributed by atoms with Gasteiger partial charge in [0.25, 0.3) is 0 Å². The molecule has 202 valence electrons. The van der Waals surface area contributed by atoms with Gasteiger partial charge < -0.3 is 0 Å². The molecule has 2 nitrogen and oxygen atoms in total. The van der Waals surface area contributed by atoms with Gasteiger partial charge in [-0.2, -0.15) is 0 Å². The van der Waals surface area contributed by atoms with Gasteiger partial charge in [-0.05, 0) is 85.0 Å². The Labute approximate surface area is 239 Å². The summed E-state index contributed by atoms with van der Waals surface area (Å²) in [6.07, 6.45) is 18.5. The van der Waals surface area contributed by atoms with E-state index in [1.165, 1.54) is 84.7 Å². The Morgan fingerprint density at radius 3 is 1.43 bits per heavy atom. The molecule has 0 saturated carbocycles. The van der Waals surface area contributed by atoms with E-state index in [-0.39, 0.29) is 0 Å². The van der Waals surface area contributed by atoms with Gasteiger partial charge in [0.15, 0.2) is 0 Å². The van der Waals surface area contributed by atoms with E-state index in [2.05, 4.69) is 86.7 Å². The van der Waals surface area contributed by atoms with Crippen molar-refractivity contribution in [3.63, 3.8) is 0 Å². The third-order valence-electron chi connectivity index (χ3n) is 8.85. The normalized spacial score (nSPS) is 17.4. The summed E-state index contributed by atoms with van der Waals surface area (Å²) in [7, 11) is 0. The molecule has 0 fully saturated rings. The number of allylic oxidation sites excluding steroid dienone is 2. The highest BCUT2D eigenvalue weighted by atomic mass is 14.7. The number of benzene rings is 2. The van der Waals surface area contributed by atoms with E-state index in [4.69, 9.17) is 9.97 Å². The van der Waals surface area contributed by atoms with E-state index in [0.717, 1.165) is 11.4 Å². The number of hydrogen-bond donors (Lipinski definition) is 0. The predicted octanol–water partition coefficient (Wildman–Crippen LogP) is 10.6. The Kier molecular flexibility index (Phi) is 8.04. The molecule has 2 aliphatic carbocycles. The second-order valence-corrected chi connectivity index (χ2v) is 11.4. The maximum absolute atomic E-state index is 4.70. The summed E-state index contributed by atoms with van der Waals surface area (Å²) in [6, 6.07) is 26.2. The Balaban J connectivity index is 1.33. The van der Waals surface area contributed by atoms with Crippen molar-refractivity contribution < 1.29 is 0 Å². The van der Waals surface area contributed by atoms with Crippen molar-refractivity contribution in [3.8, 4) is 22.5 Å². The zero-order chi connectivity index (χ0) is 27.3. The average Bonchev–Trinajstić information content (AvgIpc) is 3.55. The first-order valence-electron chi connectivity index (χ1n) is 15.3. The van der Waals surface area contributed by atoms with Crippen LogP contribution >= 0.6 is 0 Å². The van der Waals surface area contributed by atoms with Gasteiger partial charge in [0, 0.05) is 35.4 Å². The SMILES string of the molecule is CCCCC1=Cc2c(-c3ccccn3)cccc2C1CCC1C(CCCC)=Cc2c(-c3ccccn3)cccc21. The van der Waals surface area contributed by atoms with Crippen LogP contribution < -0.4 is 0 Å². The number of rotatable bonds is 11. The smallest absolute Gasteiger partial charge is 0.0708 e. The van der Waals surface area contributed by atoms with E-state index in [9.17, 15) is 0 Å². The molecule has 2 aromatic carbocycles. The molecule has 0 aliphatic heterocycles. The van der Waals surface area contributed by atoms with Crippen LogP contribution in [0.2, 0.25) is 0 Å². The second-order valence-electron chi connectivity index (χ2n) is 11.4. The van der Waals surface area contributed by atoms with Crippen LogP contribution in [0.4, 0.5) is 0 Å². The van der Waals surface area contributed by atoms with Gasteiger partial charge in [-0.3, -0.25) is 9.97 Å². The number of hydrogen-bond acceptors (Lipinski definition) is 2. The topological polar surface area (TPSA) is 25.8 Å². The highest BCUT2D eigenvalue weighted by molar-refractivity contribution is 5.82. The maximum atomic E-state index is 4.70. The largest absolute Gasteiger partial charge is 0.256 e. The fourth-order valence-corrected chi connectivity index (χ4v) is 6.83. The van der Waals surface area contributed by atoms with Gasteiger partial charge in [0.05, 0.1) is 11.4 Å². The fourth-order valence-electron chi connectivity index (χ4n) is 6.83. The number of nitrogens with zero attached hydrogens (tertiary/aromatic N) is 2. The maximum Gasteiger partial charge on any atom is 0.0708 e. The number of pyridine rings is 2. The van der Waals surface area contributed by atoms with Crippen molar-refractivity contribution in [2.24, 2.45) is 0 Å². The van der Waals surface area contributed by atoms with Crippen LogP contribution in [0.1, 0.15) is 99.3 Å². The molecular weight excluding hydrogens is 484 g/mol. The molecule has 0 radical (unpaired) electrons.